The first-order valence-electron chi connectivity index (χ1n) is 6.38. The summed E-state index contributed by atoms with van der Waals surface area (Å²) in [5, 5.41) is 0. The van der Waals surface area contributed by atoms with E-state index in [1.165, 1.54) is 23.9 Å². The summed E-state index contributed by atoms with van der Waals surface area (Å²) in [5.74, 6) is -0.284. The molecule has 0 fully saturated rings. The van der Waals surface area contributed by atoms with Gasteiger partial charge in [0.2, 0.25) is 0 Å². The average molecular weight is 332 g/mol. The maximum absolute atomic E-state index is 11.6. The van der Waals surface area contributed by atoms with E-state index < -0.39 is 0 Å². The highest BCUT2D eigenvalue weighted by atomic mass is 79.9. The van der Waals surface area contributed by atoms with Gasteiger partial charge in [0.15, 0.2) is 0 Å². The van der Waals surface area contributed by atoms with Crippen molar-refractivity contribution < 1.29 is 9.53 Å². The molecule has 0 saturated carbocycles. The Morgan fingerprint density at radius 2 is 1.95 bits per heavy atom. The molecule has 0 aromatic heterocycles. The Hall–Kier alpha value is -1.81. The number of carbonyl (C=O) groups excluding carboxylic acids is 1. The first-order chi connectivity index (χ1) is 9.67. The zero-order chi connectivity index (χ0) is 14.1. The van der Waals surface area contributed by atoms with E-state index in [0.717, 1.165) is 17.6 Å². The van der Waals surface area contributed by atoms with E-state index in [1.54, 1.807) is 0 Å². The Balaban J connectivity index is 1.87. The van der Waals surface area contributed by atoms with Gasteiger partial charge in [-0.15, -0.1) is 0 Å². The summed E-state index contributed by atoms with van der Waals surface area (Å²) in [7, 11) is 1.41. The van der Waals surface area contributed by atoms with Crippen molar-refractivity contribution in [1.82, 2.24) is 0 Å². The van der Waals surface area contributed by atoms with Crippen molar-refractivity contribution in [2.24, 2.45) is 0 Å². The molecule has 0 unspecified atom stereocenters. The minimum absolute atomic E-state index is 0.284. The van der Waals surface area contributed by atoms with E-state index in [1.807, 2.05) is 30.3 Å². The minimum Gasteiger partial charge on any atom is -0.465 e. The number of ether oxygens (including phenoxy) is 1. The van der Waals surface area contributed by atoms with Crippen molar-refractivity contribution >= 4 is 27.6 Å². The largest absolute Gasteiger partial charge is 0.465 e. The fraction of sp³-hybridized carbons (Fsp3) is 0.188. The molecule has 0 radical (unpaired) electrons. The zero-order valence-corrected chi connectivity index (χ0v) is 12.7. The zero-order valence-electron chi connectivity index (χ0n) is 11.1. The van der Waals surface area contributed by atoms with Gasteiger partial charge in [-0.1, -0.05) is 28.1 Å². The van der Waals surface area contributed by atoms with Gasteiger partial charge in [0, 0.05) is 23.2 Å². The lowest BCUT2D eigenvalue weighted by molar-refractivity contribution is 0.0600. The molecule has 102 valence electrons. The van der Waals surface area contributed by atoms with Crippen LogP contribution in [0.2, 0.25) is 0 Å². The first kappa shape index (κ1) is 13.2. The van der Waals surface area contributed by atoms with Crippen LogP contribution in [0.1, 0.15) is 21.5 Å². The lowest BCUT2D eigenvalue weighted by atomic mass is 10.1. The molecule has 0 bridgehead atoms. The number of hydrogen-bond donors (Lipinski definition) is 0. The molecule has 2 aromatic rings. The molecular formula is C16H14BrNO2. The van der Waals surface area contributed by atoms with E-state index in [2.05, 4.69) is 33.0 Å². The van der Waals surface area contributed by atoms with Crippen molar-refractivity contribution in [2.45, 2.75) is 13.1 Å². The van der Waals surface area contributed by atoms with E-state index in [4.69, 9.17) is 4.74 Å². The molecule has 0 aliphatic carbocycles. The summed E-state index contributed by atoms with van der Waals surface area (Å²) < 4.78 is 5.84. The number of fused-ring (bicyclic) bond motifs is 1. The summed E-state index contributed by atoms with van der Waals surface area (Å²) in [6, 6.07) is 14.0. The highest BCUT2D eigenvalue weighted by molar-refractivity contribution is 9.10. The Bertz CT molecular complexity index is 669. The highest BCUT2D eigenvalue weighted by Crippen LogP contribution is 2.30. The third-order valence-corrected chi connectivity index (χ3v) is 4.02. The Labute approximate surface area is 126 Å². The summed E-state index contributed by atoms with van der Waals surface area (Å²) in [6.45, 7) is 1.68. The van der Waals surface area contributed by atoms with Crippen LogP contribution in [-0.4, -0.2) is 13.1 Å². The molecule has 4 heteroatoms. The Morgan fingerprint density at radius 3 is 2.70 bits per heavy atom. The molecule has 0 atom stereocenters. The van der Waals surface area contributed by atoms with Crippen LogP contribution in [0.3, 0.4) is 0 Å². The van der Waals surface area contributed by atoms with Crippen LogP contribution in [-0.2, 0) is 17.8 Å². The third kappa shape index (κ3) is 2.43. The lowest BCUT2D eigenvalue weighted by Gasteiger charge is -2.17. The molecule has 2 aromatic carbocycles. The van der Waals surface area contributed by atoms with Crippen LogP contribution in [0, 0.1) is 0 Å². The van der Waals surface area contributed by atoms with Gasteiger partial charge < -0.3 is 9.64 Å². The molecule has 1 heterocycles. The minimum atomic E-state index is -0.284. The van der Waals surface area contributed by atoms with Crippen molar-refractivity contribution in [1.29, 1.82) is 0 Å². The number of anilines is 1. The average Bonchev–Trinajstić information content (AvgIpc) is 2.89. The van der Waals surface area contributed by atoms with Crippen molar-refractivity contribution in [3.8, 4) is 0 Å². The molecule has 0 N–H and O–H groups in total. The molecule has 0 spiro atoms. The van der Waals surface area contributed by atoms with E-state index in [0.29, 0.717) is 5.56 Å². The van der Waals surface area contributed by atoms with Gasteiger partial charge in [0.1, 0.15) is 0 Å². The number of hydrogen-bond acceptors (Lipinski definition) is 3. The first-order valence-corrected chi connectivity index (χ1v) is 7.17. The molecule has 1 aliphatic rings. The number of methoxy groups -OCH3 is 1. The maximum atomic E-state index is 11.6. The second kappa shape index (κ2) is 5.29. The molecule has 3 rings (SSSR count). The fourth-order valence-electron chi connectivity index (χ4n) is 2.49. The SMILES string of the molecule is COC(=O)c1ccc2c(c1)CN(c1cccc(Br)c1)C2. The van der Waals surface area contributed by atoms with Gasteiger partial charge in [0.25, 0.3) is 0 Å². The number of nitrogens with zero attached hydrogens (tertiary/aromatic N) is 1. The molecule has 3 nitrogen and oxygen atoms in total. The number of benzene rings is 2. The second-order valence-electron chi connectivity index (χ2n) is 4.81. The maximum Gasteiger partial charge on any atom is 0.337 e. The van der Waals surface area contributed by atoms with Crippen molar-refractivity contribution in [3.63, 3.8) is 0 Å². The van der Waals surface area contributed by atoms with Gasteiger partial charge in [-0.05, 0) is 41.5 Å². The second-order valence-corrected chi connectivity index (χ2v) is 5.73. The standard InChI is InChI=1S/C16H14BrNO2/c1-20-16(19)11-5-6-12-9-18(10-13(12)7-11)15-4-2-3-14(17)8-15/h2-8H,9-10H2,1H3. The van der Waals surface area contributed by atoms with Gasteiger partial charge in [-0.2, -0.15) is 0 Å². The summed E-state index contributed by atoms with van der Waals surface area (Å²) in [4.78, 5) is 13.9. The smallest absolute Gasteiger partial charge is 0.337 e. The number of carbonyl (C=O) groups is 1. The highest BCUT2D eigenvalue weighted by Gasteiger charge is 2.20. The van der Waals surface area contributed by atoms with Gasteiger partial charge >= 0.3 is 5.97 Å². The van der Waals surface area contributed by atoms with Crippen molar-refractivity contribution in [2.75, 3.05) is 12.0 Å². The summed E-state index contributed by atoms with van der Waals surface area (Å²) in [5.41, 5.74) is 4.24. The normalized spacial score (nSPS) is 13.2. The van der Waals surface area contributed by atoms with Crippen LogP contribution >= 0.6 is 15.9 Å². The number of esters is 1. The third-order valence-electron chi connectivity index (χ3n) is 3.52. The van der Waals surface area contributed by atoms with Crippen molar-refractivity contribution in [3.05, 3.63) is 63.6 Å². The van der Waals surface area contributed by atoms with Crippen LogP contribution in [0.4, 0.5) is 5.69 Å². The van der Waals surface area contributed by atoms with Gasteiger partial charge in [0.05, 0.1) is 12.7 Å². The summed E-state index contributed by atoms with van der Waals surface area (Å²) >= 11 is 3.50. The molecule has 0 saturated heterocycles. The molecule has 0 amide bonds. The van der Waals surface area contributed by atoms with Crippen LogP contribution in [0.15, 0.2) is 46.9 Å². The van der Waals surface area contributed by atoms with Crippen LogP contribution in [0.25, 0.3) is 0 Å². The number of rotatable bonds is 2. The van der Waals surface area contributed by atoms with Crippen LogP contribution < -0.4 is 4.90 Å². The van der Waals surface area contributed by atoms with E-state index in [9.17, 15) is 4.79 Å². The summed E-state index contributed by atoms with van der Waals surface area (Å²) in [6.07, 6.45) is 0. The Morgan fingerprint density at radius 1 is 1.15 bits per heavy atom. The predicted octanol–water partition coefficient (Wildman–Crippen LogP) is 3.76. The van der Waals surface area contributed by atoms with E-state index >= 15 is 0 Å². The quantitative estimate of drug-likeness (QED) is 0.785. The molecule has 1 aliphatic heterocycles. The molecular weight excluding hydrogens is 318 g/mol. The van der Waals surface area contributed by atoms with Crippen LogP contribution in [0.5, 0.6) is 0 Å². The predicted molar refractivity (Wildman–Crippen MR) is 81.8 cm³/mol. The lowest BCUT2D eigenvalue weighted by Crippen LogP contribution is -2.14. The fourth-order valence-corrected chi connectivity index (χ4v) is 2.88. The van der Waals surface area contributed by atoms with E-state index in [-0.39, 0.29) is 5.97 Å². The Kier molecular flexibility index (Phi) is 3.49. The number of halogens is 1. The van der Waals surface area contributed by atoms with Gasteiger partial charge in [-0.25, -0.2) is 4.79 Å². The van der Waals surface area contributed by atoms with Gasteiger partial charge in [-0.3, -0.25) is 0 Å². The monoisotopic (exact) mass is 331 g/mol. The topological polar surface area (TPSA) is 29.5 Å². The molecule has 20 heavy (non-hydrogen) atoms.